The van der Waals surface area contributed by atoms with Gasteiger partial charge in [0.15, 0.2) is 5.69 Å². The lowest BCUT2D eigenvalue weighted by molar-refractivity contribution is -0.991. The fourth-order valence-corrected chi connectivity index (χ4v) is 5.10. The Kier molecular flexibility index (Phi) is 6.33. The second-order valence-corrected chi connectivity index (χ2v) is 10.3. The molecular weight excluding hydrogens is 467 g/mol. The number of carbonyl (C=O) groups is 1. The number of hydrogen-bond acceptors (Lipinski definition) is 5. The summed E-state index contributed by atoms with van der Waals surface area (Å²) in [7, 11) is 0. The third-order valence-electron chi connectivity index (χ3n) is 5.82. The highest BCUT2D eigenvalue weighted by Crippen LogP contribution is 2.40. The second-order valence-electron chi connectivity index (χ2n) is 7.96. The van der Waals surface area contributed by atoms with E-state index in [0.29, 0.717) is 19.6 Å². The van der Waals surface area contributed by atoms with E-state index in [2.05, 4.69) is 5.32 Å². The number of pyridine rings is 1. The van der Waals surface area contributed by atoms with Gasteiger partial charge in [0, 0.05) is 55.0 Å². The van der Waals surface area contributed by atoms with Crippen LogP contribution in [-0.2, 0) is 6.54 Å². The SMILES string of the molecule is O=C(NC(N1CC2CC(C1)c1cccc(=O)n1C2)C(Cl)(Cl)Cl)c1cccc([NH+]([O-])O)c1. The normalized spacial score (nSPS) is 23.0. The molecule has 4 unspecified atom stereocenters. The Bertz CT molecular complexity index is 1040. The lowest BCUT2D eigenvalue weighted by Gasteiger charge is -2.47. The number of nitrogens with one attached hydrogen (secondary N) is 2. The maximum Gasteiger partial charge on any atom is 0.252 e. The summed E-state index contributed by atoms with van der Waals surface area (Å²) in [4.78, 5) is 27.0. The first kappa shape index (κ1) is 22.5. The number of aromatic nitrogens is 1. The zero-order valence-electron chi connectivity index (χ0n) is 16.3. The molecule has 4 atom stereocenters. The van der Waals surface area contributed by atoms with E-state index in [0.717, 1.165) is 12.1 Å². The van der Waals surface area contributed by atoms with Crippen LogP contribution in [0.1, 0.15) is 28.4 Å². The van der Waals surface area contributed by atoms with Crippen molar-refractivity contribution in [2.24, 2.45) is 5.92 Å². The minimum Gasteiger partial charge on any atom is -0.595 e. The summed E-state index contributed by atoms with van der Waals surface area (Å²) in [5.74, 6) is -0.288. The van der Waals surface area contributed by atoms with Crippen molar-refractivity contribution in [1.29, 1.82) is 0 Å². The van der Waals surface area contributed by atoms with E-state index >= 15 is 0 Å². The number of amides is 1. The Hall–Kier alpha value is -1.65. The lowest BCUT2D eigenvalue weighted by atomic mass is 9.83. The number of nitrogens with zero attached hydrogens (tertiary/aromatic N) is 2. The predicted molar refractivity (Wildman–Crippen MR) is 117 cm³/mol. The Morgan fingerprint density at radius 2 is 1.94 bits per heavy atom. The summed E-state index contributed by atoms with van der Waals surface area (Å²) >= 11 is 18.8. The van der Waals surface area contributed by atoms with Gasteiger partial charge >= 0.3 is 0 Å². The zero-order chi connectivity index (χ0) is 22.3. The highest BCUT2D eigenvalue weighted by Gasteiger charge is 2.44. The number of fused-ring (bicyclic) bond motifs is 4. The fourth-order valence-electron chi connectivity index (χ4n) is 4.53. The number of halogens is 3. The van der Waals surface area contributed by atoms with Crippen molar-refractivity contribution in [3.8, 4) is 0 Å². The van der Waals surface area contributed by atoms with Gasteiger partial charge in [-0.05, 0) is 24.5 Å². The number of hydrogen-bond donors (Lipinski definition) is 3. The predicted octanol–water partition coefficient (Wildman–Crippen LogP) is 1.80. The lowest BCUT2D eigenvalue weighted by Crippen LogP contribution is -2.99. The molecule has 2 aliphatic rings. The maximum absolute atomic E-state index is 12.9. The van der Waals surface area contributed by atoms with Crippen molar-refractivity contribution in [3.63, 3.8) is 0 Å². The number of rotatable bonds is 4. The first-order chi connectivity index (χ1) is 14.6. The van der Waals surface area contributed by atoms with Gasteiger partial charge in [-0.3, -0.25) is 14.5 Å². The molecule has 3 heterocycles. The molecule has 2 aliphatic heterocycles. The van der Waals surface area contributed by atoms with Crippen LogP contribution in [0.15, 0.2) is 47.3 Å². The monoisotopic (exact) mass is 486 g/mol. The largest absolute Gasteiger partial charge is 0.595 e. The molecule has 3 N–H and O–H groups in total. The minimum absolute atomic E-state index is 0.00682. The van der Waals surface area contributed by atoms with E-state index in [1.807, 2.05) is 11.0 Å². The highest BCUT2D eigenvalue weighted by molar-refractivity contribution is 6.68. The topological polar surface area (TPSA) is 102 Å². The quantitative estimate of drug-likeness (QED) is 0.451. The molecule has 166 valence electrons. The van der Waals surface area contributed by atoms with E-state index in [9.17, 15) is 20.0 Å². The molecule has 1 aromatic heterocycles. The average Bonchev–Trinajstić information content (AvgIpc) is 2.71. The van der Waals surface area contributed by atoms with Gasteiger partial charge in [0.05, 0.1) is 0 Å². The van der Waals surface area contributed by atoms with Gasteiger partial charge in [-0.1, -0.05) is 46.9 Å². The van der Waals surface area contributed by atoms with Crippen LogP contribution in [0.2, 0.25) is 0 Å². The zero-order valence-corrected chi connectivity index (χ0v) is 18.6. The Morgan fingerprint density at radius 1 is 1.19 bits per heavy atom. The first-order valence-corrected chi connectivity index (χ1v) is 10.9. The fraction of sp³-hybridized carbons (Fsp3) is 0.400. The van der Waals surface area contributed by atoms with Crippen molar-refractivity contribution in [2.75, 3.05) is 13.1 Å². The van der Waals surface area contributed by atoms with E-state index in [1.165, 1.54) is 24.3 Å². The summed E-state index contributed by atoms with van der Waals surface area (Å²) in [5.41, 5.74) is 1.07. The molecule has 0 spiro atoms. The van der Waals surface area contributed by atoms with E-state index < -0.39 is 21.1 Å². The van der Waals surface area contributed by atoms with Gasteiger partial charge in [-0.15, -0.1) is 0 Å². The van der Waals surface area contributed by atoms with Crippen LogP contribution in [0.25, 0.3) is 0 Å². The molecule has 0 aliphatic carbocycles. The van der Waals surface area contributed by atoms with Crippen LogP contribution in [0, 0.1) is 11.1 Å². The van der Waals surface area contributed by atoms with E-state index in [1.54, 1.807) is 16.7 Å². The second kappa shape index (κ2) is 8.71. The number of alkyl halides is 3. The summed E-state index contributed by atoms with van der Waals surface area (Å²) in [6.45, 7) is 1.63. The van der Waals surface area contributed by atoms with Gasteiger partial charge < -0.3 is 15.1 Å². The Labute approximate surface area is 193 Å². The van der Waals surface area contributed by atoms with Crippen LogP contribution in [0.3, 0.4) is 0 Å². The summed E-state index contributed by atoms with van der Waals surface area (Å²) in [6.07, 6.45) is -0.00742. The molecule has 1 fully saturated rings. The average molecular weight is 488 g/mol. The molecule has 2 bridgehead atoms. The molecule has 31 heavy (non-hydrogen) atoms. The smallest absolute Gasteiger partial charge is 0.252 e. The number of benzene rings is 1. The molecule has 0 saturated carbocycles. The van der Waals surface area contributed by atoms with Crippen LogP contribution in [0.5, 0.6) is 0 Å². The number of carbonyl (C=O) groups excluding carboxylic acids is 1. The van der Waals surface area contributed by atoms with Gasteiger partial charge in [0.25, 0.3) is 11.5 Å². The molecule has 1 saturated heterocycles. The van der Waals surface area contributed by atoms with Gasteiger partial charge in [0.1, 0.15) is 6.17 Å². The van der Waals surface area contributed by atoms with Crippen molar-refractivity contribution < 1.29 is 15.2 Å². The third kappa shape index (κ3) is 4.75. The summed E-state index contributed by atoms with van der Waals surface area (Å²) in [5, 5.41) is 22.0. The highest BCUT2D eigenvalue weighted by atomic mass is 35.6. The van der Waals surface area contributed by atoms with Crippen molar-refractivity contribution in [3.05, 3.63) is 69.3 Å². The first-order valence-electron chi connectivity index (χ1n) is 9.78. The maximum atomic E-state index is 12.9. The van der Waals surface area contributed by atoms with Gasteiger partial charge in [0.2, 0.25) is 3.79 Å². The van der Waals surface area contributed by atoms with E-state index in [-0.39, 0.29) is 28.6 Å². The van der Waals surface area contributed by atoms with Crippen LogP contribution >= 0.6 is 34.8 Å². The molecule has 0 radical (unpaired) electrons. The standard InChI is InChI=1S/C20H21Cl3N4O4/c21-20(22,23)19(24-18(29)13-3-1-4-15(8-13)27(30)31)25-9-12-7-14(11-25)16-5-2-6-17(28)26(16)10-12/h1-6,8,12,14,19,27,30H,7,9-11H2,(H,24,29). The molecule has 8 nitrogen and oxygen atoms in total. The molecule has 11 heteroatoms. The number of quaternary nitrogens is 1. The molecule has 2 aromatic rings. The van der Waals surface area contributed by atoms with Crippen LogP contribution in [0.4, 0.5) is 5.69 Å². The third-order valence-corrected chi connectivity index (χ3v) is 6.44. The molecular formula is C20H21Cl3N4O4. The van der Waals surface area contributed by atoms with Gasteiger partial charge in [-0.2, -0.15) is 5.23 Å². The van der Waals surface area contributed by atoms with Crippen molar-refractivity contribution >= 4 is 46.4 Å². The Balaban J connectivity index is 1.58. The van der Waals surface area contributed by atoms with Crippen molar-refractivity contribution in [2.45, 2.75) is 28.8 Å². The number of piperidine rings is 1. The van der Waals surface area contributed by atoms with E-state index in [4.69, 9.17) is 34.8 Å². The van der Waals surface area contributed by atoms with Crippen molar-refractivity contribution in [1.82, 2.24) is 14.8 Å². The summed E-state index contributed by atoms with van der Waals surface area (Å²) in [6, 6.07) is 10.9. The van der Waals surface area contributed by atoms with Crippen LogP contribution in [-0.4, -0.2) is 43.6 Å². The van der Waals surface area contributed by atoms with Gasteiger partial charge in [-0.25, -0.2) is 5.21 Å². The minimum atomic E-state index is -1.82. The molecule has 1 aromatic carbocycles. The van der Waals surface area contributed by atoms with Crippen LogP contribution < -0.4 is 16.1 Å². The number of likely N-dealkylation sites (tertiary alicyclic amines) is 1. The molecule has 4 rings (SSSR count). The molecule has 1 amide bonds. The summed E-state index contributed by atoms with van der Waals surface area (Å²) < 4.78 is -0.0153. The Morgan fingerprint density at radius 3 is 2.65 bits per heavy atom.